The average molecular weight is 233 g/mol. The molecule has 17 heavy (non-hydrogen) atoms. The lowest BCUT2D eigenvalue weighted by Gasteiger charge is -2.14. The molecule has 0 radical (unpaired) electrons. The van der Waals surface area contributed by atoms with Crippen LogP contribution in [0.5, 0.6) is 0 Å². The molecule has 1 aliphatic rings. The first kappa shape index (κ1) is 11.6. The summed E-state index contributed by atoms with van der Waals surface area (Å²) in [4.78, 5) is 24.1. The van der Waals surface area contributed by atoms with Gasteiger partial charge in [-0.25, -0.2) is 0 Å². The molecule has 1 amide bonds. The summed E-state index contributed by atoms with van der Waals surface area (Å²) in [6.45, 7) is 2.28. The Bertz CT molecular complexity index is 430. The van der Waals surface area contributed by atoms with Gasteiger partial charge in [0, 0.05) is 25.9 Å². The quantitative estimate of drug-likeness (QED) is 0.838. The van der Waals surface area contributed by atoms with E-state index in [1.54, 1.807) is 4.90 Å². The fraction of sp³-hybridized carbons (Fsp3) is 0.385. The van der Waals surface area contributed by atoms with Crippen molar-refractivity contribution in [1.29, 1.82) is 0 Å². The van der Waals surface area contributed by atoms with Gasteiger partial charge in [-0.2, -0.15) is 0 Å². The van der Waals surface area contributed by atoms with Crippen molar-refractivity contribution in [2.75, 3.05) is 13.1 Å². The van der Waals surface area contributed by atoms with Crippen molar-refractivity contribution < 1.29 is 14.7 Å². The lowest BCUT2D eigenvalue weighted by Crippen LogP contribution is -2.27. The van der Waals surface area contributed by atoms with E-state index in [0.717, 1.165) is 5.56 Å². The molecule has 0 saturated carbocycles. The lowest BCUT2D eigenvalue weighted by molar-refractivity contribution is -0.141. The predicted octanol–water partition coefficient (Wildman–Crippen LogP) is 1.33. The number of hydrogen-bond donors (Lipinski definition) is 1. The SMILES string of the molecule is CC(=O)N1C[C@H](C(=O)O)[C@H](c2ccccc2)C1. The molecule has 1 aromatic rings. The van der Waals surface area contributed by atoms with Crippen molar-refractivity contribution in [3.63, 3.8) is 0 Å². The van der Waals surface area contributed by atoms with Crippen LogP contribution in [-0.2, 0) is 9.59 Å². The van der Waals surface area contributed by atoms with E-state index < -0.39 is 11.9 Å². The number of carboxylic acid groups (broad SMARTS) is 1. The molecule has 1 aliphatic heterocycles. The number of nitrogens with zero attached hydrogens (tertiary/aromatic N) is 1. The molecule has 1 heterocycles. The van der Waals surface area contributed by atoms with Gasteiger partial charge in [-0.15, -0.1) is 0 Å². The van der Waals surface area contributed by atoms with Crippen molar-refractivity contribution >= 4 is 11.9 Å². The summed E-state index contributed by atoms with van der Waals surface area (Å²) in [5.74, 6) is -1.49. The Morgan fingerprint density at radius 3 is 2.41 bits per heavy atom. The Morgan fingerprint density at radius 2 is 1.88 bits per heavy atom. The highest BCUT2D eigenvalue weighted by atomic mass is 16.4. The van der Waals surface area contributed by atoms with Crippen LogP contribution in [0.3, 0.4) is 0 Å². The summed E-state index contributed by atoms with van der Waals surface area (Å²) < 4.78 is 0. The van der Waals surface area contributed by atoms with Crippen LogP contribution in [-0.4, -0.2) is 35.0 Å². The first-order chi connectivity index (χ1) is 8.09. The third-order valence-corrected chi connectivity index (χ3v) is 3.31. The maximum atomic E-state index is 11.3. The number of likely N-dealkylation sites (tertiary alicyclic amines) is 1. The van der Waals surface area contributed by atoms with Crippen LogP contribution in [0, 0.1) is 5.92 Å². The molecular formula is C13H15NO3. The number of amides is 1. The Kier molecular flexibility index (Phi) is 3.13. The number of carboxylic acids is 1. The molecule has 0 unspecified atom stereocenters. The van der Waals surface area contributed by atoms with E-state index in [2.05, 4.69) is 0 Å². The first-order valence-corrected chi connectivity index (χ1v) is 5.63. The van der Waals surface area contributed by atoms with E-state index in [4.69, 9.17) is 0 Å². The van der Waals surface area contributed by atoms with E-state index in [1.165, 1.54) is 6.92 Å². The van der Waals surface area contributed by atoms with Crippen molar-refractivity contribution in [2.24, 2.45) is 5.92 Å². The zero-order valence-corrected chi connectivity index (χ0v) is 9.67. The van der Waals surface area contributed by atoms with Gasteiger partial charge in [-0.05, 0) is 5.56 Å². The second kappa shape index (κ2) is 4.57. The van der Waals surface area contributed by atoms with E-state index in [9.17, 15) is 14.7 Å². The first-order valence-electron chi connectivity index (χ1n) is 5.63. The summed E-state index contributed by atoms with van der Waals surface area (Å²) in [5.41, 5.74) is 0.989. The molecule has 4 nitrogen and oxygen atoms in total. The normalized spacial score (nSPS) is 23.7. The van der Waals surface area contributed by atoms with Gasteiger partial charge in [0.2, 0.25) is 5.91 Å². The maximum Gasteiger partial charge on any atom is 0.308 e. The van der Waals surface area contributed by atoms with Crippen LogP contribution in [0.4, 0.5) is 0 Å². The molecule has 2 atom stereocenters. The molecule has 0 bridgehead atoms. The number of carbonyl (C=O) groups excluding carboxylic acids is 1. The van der Waals surface area contributed by atoms with Gasteiger partial charge < -0.3 is 10.0 Å². The molecule has 0 spiro atoms. The molecular weight excluding hydrogens is 218 g/mol. The van der Waals surface area contributed by atoms with E-state index >= 15 is 0 Å². The van der Waals surface area contributed by atoms with Gasteiger partial charge in [0.15, 0.2) is 0 Å². The van der Waals surface area contributed by atoms with Crippen LogP contribution in [0.15, 0.2) is 30.3 Å². The Morgan fingerprint density at radius 1 is 1.24 bits per heavy atom. The third-order valence-electron chi connectivity index (χ3n) is 3.31. The molecule has 1 saturated heterocycles. The van der Waals surface area contributed by atoms with E-state index in [0.29, 0.717) is 13.1 Å². The molecule has 1 fully saturated rings. The summed E-state index contributed by atoms with van der Waals surface area (Å²) in [6.07, 6.45) is 0. The Labute approximate surface area is 99.9 Å². The molecule has 1 N–H and O–H groups in total. The van der Waals surface area contributed by atoms with Crippen molar-refractivity contribution in [3.05, 3.63) is 35.9 Å². The number of rotatable bonds is 2. The Balaban J connectivity index is 2.26. The van der Waals surface area contributed by atoms with Gasteiger partial charge in [0.25, 0.3) is 0 Å². The van der Waals surface area contributed by atoms with Gasteiger partial charge >= 0.3 is 5.97 Å². The minimum absolute atomic E-state index is 0.0605. The Hall–Kier alpha value is -1.84. The minimum Gasteiger partial charge on any atom is -0.481 e. The van der Waals surface area contributed by atoms with Gasteiger partial charge in [-0.1, -0.05) is 30.3 Å². The van der Waals surface area contributed by atoms with Crippen molar-refractivity contribution in [1.82, 2.24) is 4.90 Å². The van der Waals surface area contributed by atoms with E-state index in [-0.39, 0.29) is 11.8 Å². The highest BCUT2D eigenvalue weighted by molar-refractivity contribution is 5.78. The topological polar surface area (TPSA) is 57.6 Å². The van der Waals surface area contributed by atoms with Gasteiger partial charge in [-0.3, -0.25) is 9.59 Å². The minimum atomic E-state index is -0.831. The maximum absolute atomic E-state index is 11.3. The monoisotopic (exact) mass is 233 g/mol. The molecule has 0 aliphatic carbocycles. The lowest BCUT2D eigenvalue weighted by atomic mass is 9.89. The van der Waals surface area contributed by atoms with E-state index in [1.807, 2.05) is 30.3 Å². The summed E-state index contributed by atoms with van der Waals surface area (Å²) in [5, 5.41) is 9.21. The smallest absolute Gasteiger partial charge is 0.308 e. The third kappa shape index (κ3) is 2.30. The number of benzene rings is 1. The van der Waals surface area contributed by atoms with Crippen molar-refractivity contribution in [3.8, 4) is 0 Å². The highest BCUT2D eigenvalue weighted by Gasteiger charge is 2.39. The largest absolute Gasteiger partial charge is 0.481 e. The van der Waals surface area contributed by atoms with Gasteiger partial charge in [0.1, 0.15) is 0 Å². The zero-order valence-electron chi connectivity index (χ0n) is 9.67. The molecule has 2 rings (SSSR count). The predicted molar refractivity (Wildman–Crippen MR) is 62.6 cm³/mol. The zero-order chi connectivity index (χ0) is 12.4. The fourth-order valence-electron chi connectivity index (χ4n) is 2.35. The second-order valence-electron chi connectivity index (χ2n) is 4.39. The highest BCUT2D eigenvalue weighted by Crippen LogP contribution is 2.32. The summed E-state index contributed by atoms with van der Waals surface area (Å²) >= 11 is 0. The fourth-order valence-corrected chi connectivity index (χ4v) is 2.35. The van der Waals surface area contributed by atoms with Crippen LogP contribution in [0.25, 0.3) is 0 Å². The number of aliphatic carboxylic acids is 1. The summed E-state index contributed by atoms with van der Waals surface area (Å²) in [6, 6.07) is 9.53. The van der Waals surface area contributed by atoms with Crippen LogP contribution < -0.4 is 0 Å². The van der Waals surface area contributed by atoms with Gasteiger partial charge in [0.05, 0.1) is 5.92 Å². The molecule has 90 valence electrons. The number of hydrogen-bond acceptors (Lipinski definition) is 2. The molecule has 4 heteroatoms. The van der Waals surface area contributed by atoms with Crippen LogP contribution in [0.1, 0.15) is 18.4 Å². The average Bonchev–Trinajstić information content (AvgIpc) is 2.75. The summed E-state index contributed by atoms with van der Waals surface area (Å²) in [7, 11) is 0. The second-order valence-corrected chi connectivity index (χ2v) is 4.39. The number of carbonyl (C=O) groups is 2. The standard InChI is InChI=1S/C13H15NO3/c1-9(15)14-7-11(12(8-14)13(16)17)10-5-3-2-4-6-10/h2-6,11-12H,7-8H2,1H3,(H,16,17)/t11-,12-/m0/s1. The van der Waals surface area contributed by atoms with Crippen LogP contribution >= 0.6 is 0 Å². The molecule has 1 aromatic carbocycles. The van der Waals surface area contributed by atoms with Crippen molar-refractivity contribution in [2.45, 2.75) is 12.8 Å². The van der Waals surface area contributed by atoms with Crippen LogP contribution in [0.2, 0.25) is 0 Å². The molecule has 0 aromatic heterocycles.